The van der Waals surface area contributed by atoms with Crippen LogP contribution in [0.3, 0.4) is 0 Å². The maximum Gasteiger partial charge on any atom is 0.0897 e. The molecule has 1 aromatic heterocycles. The summed E-state index contributed by atoms with van der Waals surface area (Å²) in [4.78, 5) is 7.21. The summed E-state index contributed by atoms with van der Waals surface area (Å²) in [7, 11) is 0. The average Bonchev–Trinajstić information content (AvgIpc) is 2.89. The Bertz CT molecular complexity index is 595. The van der Waals surface area contributed by atoms with Crippen molar-refractivity contribution in [2.24, 2.45) is 0 Å². The van der Waals surface area contributed by atoms with Gasteiger partial charge in [-0.15, -0.1) is 11.3 Å². The van der Waals surface area contributed by atoms with Gasteiger partial charge in [0.2, 0.25) is 0 Å². The number of aryl methyl sites for hydroxylation is 1. The molecule has 2 aromatic rings. The summed E-state index contributed by atoms with van der Waals surface area (Å²) in [5, 5.41) is 6.97. The second kappa shape index (κ2) is 5.87. The molecule has 2 heterocycles. The number of hydrogen-bond acceptors (Lipinski definition) is 4. The van der Waals surface area contributed by atoms with Crippen LogP contribution in [-0.2, 0) is 12.1 Å². The Morgan fingerprint density at radius 3 is 2.81 bits per heavy atom. The summed E-state index contributed by atoms with van der Waals surface area (Å²) >= 11 is 1.74. The van der Waals surface area contributed by atoms with Gasteiger partial charge in [0.05, 0.1) is 16.2 Å². The van der Waals surface area contributed by atoms with E-state index in [2.05, 4.69) is 71.7 Å². The van der Waals surface area contributed by atoms with Gasteiger partial charge in [0.15, 0.2) is 0 Å². The van der Waals surface area contributed by atoms with Crippen LogP contribution in [0.2, 0.25) is 0 Å². The molecule has 3 nitrogen and oxygen atoms in total. The summed E-state index contributed by atoms with van der Waals surface area (Å²) in [6.07, 6.45) is 0. The Labute approximate surface area is 131 Å². The van der Waals surface area contributed by atoms with E-state index in [1.54, 1.807) is 11.3 Å². The third kappa shape index (κ3) is 3.03. The molecule has 4 heteroatoms. The first-order chi connectivity index (χ1) is 10.1. The molecule has 1 saturated heterocycles. The number of rotatable bonds is 3. The van der Waals surface area contributed by atoms with Crippen molar-refractivity contribution in [3.05, 3.63) is 52.0 Å². The predicted octanol–water partition coefficient (Wildman–Crippen LogP) is 3.16. The monoisotopic (exact) mass is 301 g/mol. The minimum atomic E-state index is 0.0191. The van der Waals surface area contributed by atoms with Gasteiger partial charge in [-0.3, -0.25) is 4.90 Å². The molecule has 3 rings (SSSR count). The molecule has 1 aromatic carbocycles. The number of piperazine rings is 1. The number of nitrogens with one attached hydrogen (secondary N) is 1. The van der Waals surface area contributed by atoms with Crippen LogP contribution >= 0.6 is 11.3 Å². The first kappa shape index (κ1) is 14.7. The first-order valence-corrected chi connectivity index (χ1v) is 8.41. The van der Waals surface area contributed by atoms with Crippen LogP contribution in [0.25, 0.3) is 0 Å². The molecule has 0 saturated carbocycles. The van der Waals surface area contributed by atoms with Crippen molar-refractivity contribution in [3.8, 4) is 0 Å². The van der Waals surface area contributed by atoms with Gasteiger partial charge in [-0.05, 0) is 26.3 Å². The highest BCUT2D eigenvalue weighted by atomic mass is 32.1. The van der Waals surface area contributed by atoms with E-state index in [4.69, 9.17) is 0 Å². The fourth-order valence-corrected chi connectivity index (χ4v) is 3.68. The largest absolute Gasteiger partial charge is 0.311 e. The quantitative estimate of drug-likeness (QED) is 0.944. The average molecular weight is 301 g/mol. The van der Waals surface area contributed by atoms with Crippen LogP contribution in [0.15, 0.2) is 35.7 Å². The Morgan fingerprint density at radius 2 is 2.14 bits per heavy atom. The van der Waals surface area contributed by atoms with Crippen molar-refractivity contribution in [2.45, 2.75) is 38.9 Å². The van der Waals surface area contributed by atoms with Crippen LogP contribution in [0.1, 0.15) is 30.1 Å². The Hall–Kier alpha value is -1.23. The van der Waals surface area contributed by atoms with Crippen LogP contribution in [0.4, 0.5) is 0 Å². The fraction of sp³-hybridized carbons (Fsp3) is 0.471. The topological polar surface area (TPSA) is 28.2 Å². The molecular formula is C17H23N3S. The Morgan fingerprint density at radius 1 is 1.38 bits per heavy atom. The zero-order valence-corrected chi connectivity index (χ0v) is 13.8. The summed E-state index contributed by atoms with van der Waals surface area (Å²) in [6.45, 7) is 9.60. The fourth-order valence-electron chi connectivity index (χ4n) is 3.08. The molecule has 0 radical (unpaired) electrons. The number of hydrogen-bond donors (Lipinski definition) is 1. The van der Waals surface area contributed by atoms with E-state index in [-0.39, 0.29) is 5.54 Å². The Balaban J connectivity index is 1.89. The van der Waals surface area contributed by atoms with Gasteiger partial charge >= 0.3 is 0 Å². The number of aromatic nitrogens is 1. The smallest absolute Gasteiger partial charge is 0.0897 e. The van der Waals surface area contributed by atoms with E-state index >= 15 is 0 Å². The number of benzene rings is 1. The first-order valence-electron chi connectivity index (χ1n) is 7.53. The third-order valence-electron chi connectivity index (χ3n) is 4.40. The third-order valence-corrected chi connectivity index (χ3v) is 5.22. The minimum absolute atomic E-state index is 0.0191. The van der Waals surface area contributed by atoms with Crippen molar-refractivity contribution in [1.82, 2.24) is 15.2 Å². The van der Waals surface area contributed by atoms with Crippen molar-refractivity contribution in [3.63, 3.8) is 0 Å². The molecule has 21 heavy (non-hydrogen) atoms. The van der Waals surface area contributed by atoms with Crippen LogP contribution in [0, 0.1) is 6.92 Å². The van der Waals surface area contributed by atoms with Gasteiger partial charge in [-0.1, -0.05) is 30.3 Å². The highest BCUT2D eigenvalue weighted by Gasteiger charge is 2.38. The van der Waals surface area contributed by atoms with Gasteiger partial charge in [0.1, 0.15) is 0 Å². The second-order valence-electron chi connectivity index (χ2n) is 6.16. The molecule has 1 aliphatic heterocycles. The Kier molecular flexibility index (Phi) is 4.11. The van der Waals surface area contributed by atoms with Gasteiger partial charge in [0.25, 0.3) is 0 Å². The van der Waals surface area contributed by atoms with E-state index in [1.165, 1.54) is 11.3 Å². The van der Waals surface area contributed by atoms with E-state index in [0.717, 1.165) is 24.6 Å². The minimum Gasteiger partial charge on any atom is -0.311 e. The molecular weight excluding hydrogens is 278 g/mol. The highest BCUT2D eigenvalue weighted by Crippen LogP contribution is 2.32. The molecule has 112 valence electrons. The van der Waals surface area contributed by atoms with Crippen molar-refractivity contribution < 1.29 is 0 Å². The molecule has 2 unspecified atom stereocenters. The standard InChI is InChI=1S/C17H23N3S/c1-13-9-20(10-16-11-21-14(2)19-16)17(3,12-18-13)15-7-5-4-6-8-15/h4-8,11,13,18H,9-10,12H2,1-3H3. The van der Waals surface area contributed by atoms with E-state index < -0.39 is 0 Å². The molecule has 0 amide bonds. The SMILES string of the molecule is Cc1nc(CN2CC(C)NCC2(C)c2ccccc2)cs1. The van der Waals surface area contributed by atoms with Crippen LogP contribution in [-0.4, -0.2) is 29.0 Å². The van der Waals surface area contributed by atoms with Gasteiger partial charge < -0.3 is 5.32 Å². The summed E-state index contributed by atoms with van der Waals surface area (Å²) in [5.41, 5.74) is 2.58. The maximum atomic E-state index is 4.65. The lowest BCUT2D eigenvalue weighted by Crippen LogP contribution is -2.60. The number of nitrogens with zero attached hydrogens (tertiary/aromatic N) is 2. The molecule has 0 bridgehead atoms. The summed E-state index contributed by atoms with van der Waals surface area (Å²) in [6, 6.07) is 11.3. The molecule has 1 aliphatic rings. The zero-order valence-electron chi connectivity index (χ0n) is 13.0. The van der Waals surface area contributed by atoms with Gasteiger partial charge in [-0.25, -0.2) is 4.98 Å². The van der Waals surface area contributed by atoms with Crippen molar-refractivity contribution in [1.29, 1.82) is 0 Å². The lowest BCUT2D eigenvalue weighted by Gasteiger charge is -2.47. The molecule has 2 atom stereocenters. The van der Waals surface area contributed by atoms with Crippen molar-refractivity contribution in [2.75, 3.05) is 13.1 Å². The van der Waals surface area contributed by atoms with Gasteiger partial charge in [0, 0.05) is 31.1 Å². The molecule has 0 aliphatic carbocycles. The maximum absolute atomic E-state index is 4.65. The lowest BCUT2D eigenvalue weighted by atomic mass is 9.87. The van der Waals surface area contributed by atoms with E-state index in [9.17, 15) is 0 Å². The van der Waals surface area contributed by atoms with Gasteiger partial charge in [-0.2, -0.15) is 0 Å². The van der Waals surface area contributed by atoms with E-state index in [1.807, 2.05) is 0 Å². The normalized spacial score (nSPS) is 26.9. The molecule has 1 N–H and O–H groups in total. The molecule has 0 spiro atoms. The summed E-state index contributed by atoms with van der Waals surface area (Å²) < 4.78 is 0. The predicted molar refractivity (Wildman–Crippen MR) is 88.5 cm³/mol. The zero-order chi connectivity index (χ0) is 14.9. The van der Waals surface area contributed by atoms with Crippen molar-refractivity contribution >= 4 is 11.3 Å². The van der Waals surface area contributed by atoms with Crippen LogP contribution in [0.5, 0.6) is 0 Å². The van der Waals surface area contributed by atoms with Crippen LogP contribution < -0.4 is 5.32 Å². The lowest BCUT2D eigenvalue weighted by molar-refractivity contribution is 0.0448. The van der Waals surface area contributed by atoms with E-state index in [0.29, 0.717) is 6.04 Å². The highest BCUT2D eigenvalue weighted by molar-refractivity contribution is 7.09. The molecule has 1 fully saturated rings. The number of thiazole rings is 1. The second-order valence-corrected chi connectivity index (χ2v) is 7.22. The summed E-state index contributed by atoms with van der Waals surface area (Å²) in [5.74, 6) is 0.